The second-order valence-electron chi connectivity index (χ2n) is 6.23. The number of amides is 4. The number of carbonyl (C=O) groups is 3. The van der Waals surface area contributed by atoms with Gasteiger partial charge in [0.1, 0.15) is 0 Å². The molecule has 24 heavy (non-hydrogen) atoms. The average molecular weight is 329 g/mol. The Bertz CT molecular complexity index is 775. The normalized spacial score (nSPS) is 19.2. The van der Waals surface area contributed by atoms with Crippen LogP contribution in [0.2, 0.25) is 0 Å². The minimum atomic E-state index is -1.79. The molecule has 2 aliphatic heterocycles. The number of imide groups is 2. The Hall–Kier alpha value is -2.90. The first-order valence-corrected chi connectivity index (χ1v) is 7.45. The number of barbiturate groups is 1. The first kappa shape index (κ1) is 16.0. The Morgan fingerprint density at radius 3 is 2.21 bits per heavy atom. The van der Waals surface area contributed by atoms with Gasteiger partial charge < -0.3 is 10.2 Å². The van der Waals surface area contributed by atoms with E-state index in [2.05, 4.69) is 10.3 Å². The van der Waals surface area contributed by atoms with Crippen LogP contribution in [0.25, 0.3) is 0 Å². The Kier molecular flexibility index (Phi) is 3.36. The first-order chi connectivity index (χ1) is 11.2. The second-order valence-corrected chi connectivity index (χ2v) is 6.23. The number of nitrogens with one attached hydrogen (secondary N) is 1. The molecule has 1 aromatic rings. The molecule has 8 nitrogen and oxygen atoms in total. The third kappa shape index (κ3) is 1.92. The van der Waals surface area contributed by atoms with E-state index in [9.17, 15) is 14.4 Å². The van der Waals surface area contributed by atoms with Gasteiger partial charge in [-0.15, -0.1) is 0 Å². The number of likely N-dealkylation sites (N-methyl/N-ethyl adjacent to an activating group) is 2. The van der Waals surface area contributed by atoms with Crippen molar-refractivity contribution in [2.24, 2.45) is 4.99 Å². The summed E-state index contributed by atoms with van der Waals surface area (Å²) < 4.78 is 0. The van der Waals surface area contributed by atoms with Crippen LogP contribution in [0.1, 0.15) is 11.1 Å². The van der Waals surface area contributed by atoms with Crippen molar-refractivity contribution in [3.8, 4) is 0 Å². The van der Waals surface area contributed by atoms with Gasteiger partial charge in [0, 0.05) is 39.4 Å². The third-order valence-corrected chi connectivity index (χ3v) is 4.31. The molecule has 1 saturated heterocycles. The summed E-state index contributed by atoms with van der Waals surface area (Å²) in [6.45, 7) is 1.87. The molecular formula is C16H19N5O3. The fraction of sp³-hybridized carbons (Fsp3) is 0.375. The quantitative estimate of drug-likeness (QED) is 0.704. The smallest absolute Gasteiger partial charge is 0.333 e. The minimum absolute atomic E-state index is 0.379. The molecule has 0 bridgehead atoms. The summed E-state index contributed by atoms with van der Waals surface area (Å²) in [5, 5.41) is 3.13. The number of rotatable bonds is 0. The standard InChI is InChI=1S/C16H19N5O3/c1-9-6-7-11-10(8-9)16(18-14(17-11)19(2)3)12(22)20(4)15(24)21(5)13(16)23/h6-8H,1-5H3,(H,17,18). The number of aliphatic imine (C=N–C) groups is 1. The molecule has 2 heterocycles. The van der Waals surface area contributed by atoms with E-state index in [-0.39, 0.29) is 0 Å². The number of carbonyl (C=O) groups excluding carboxylic acids is 3. The van der Waals surface area contributed by atoms with E-state index in [1.54, 1.807) is 25.1 Å². The Balaban J connectivity index is 2.34. The lowest BCUT2D eigenvalue weighted by Crippen LogP contribution is -2.66. The summed E-state index contributed by atoms with van der Waals surface area (Å²) >= 11 is 0. The number of benzene rings is 1. The summed E-state index contributed by atoms with van der Waals surface area (Å²) in [5.74, 6) is -0.921. The van der Waals surface area contributed by atoms with Gasteiger partial charge in [0.05, 0.1) is 0 Å². The molecule has 0 unspecified atom stereocenters. The van der Waals surface area contributed by atoms with Crippen molar-refractivity contribution in [1.82, 2.24) is 14.7 Å². The van der Waals surface area contributed by atoms with Crippen molar-refractivity contribution in [3.05, 3.63) is 29.3 Å². The maximum atomic E-state index is 13.0. The Morgan fingerprint density at radius 1 is 1.08 bits per heavy atom. The van der Waals surface area contributed by atoms with E-state index in [4.69, 9.17) is 0 Å². The molecule has 3 rings (SSSR count). The molecule has 0 saturated carbocycles. The van der Waals surface area contributed by atoms with Crippen LogP contribution < -0.4 is 5.32 Å². The monoisotopic (exact) mass is 329 g/mol. The van der Waals surface area contributed by atoms with E-state index in [0.29, 0.717) is 17.2 Å². The van der Waals surface area contributed by atoms with E-state index in [1.165, 1.54) is 14.1 Å². The topological polar surface area (TPSA) is 85.3 Å². The van der Waals surface area contributed by atoms with Gasteiger partial charge in [-0.05, 0) is 13.0 Å². The molecule has 2 aliphatic rings. The maximum Gasteiger partial charge on any atom is 0.333 e. The molecule has 1 spiro atoms. The van der Waals surface area contributed by atoms with Crippen molar-refractivity contribution in [2.45, 2.75) is 12.5 Å². The third-order valence-electron chi connectivity index (χ3n) is 4.31. The van der Waals surface area contributed by atoms with Gasteiger partial charge in [0.25, 0.3) is 11.8 Å². The van der Waals surface area contributed by atoms with Crippen LogP contribution in [-0.4, -0.2) is 66.7 Å². The highest BCUT2D eigenvalue weighted by Gasteiger charge is 2.59. The highest BCUT2D eigenvalue weighted by molar-refractivity contribution is 6.25. The lowest BCUT2D eigenvalue weighted by atomic mass is 9.83. The second kappa shape index (κ2) is 5.05. The van der Waals surface area contributed by atoms with Crippen LogP contribution in [-0.2, 0) is 15.1 Å². The zero-order valence-electron chi connectivity index (χ0n) is 14.2. The van der Waals surface area contributed by atoms with Crippen molar-refractivity contribution in [3.63, 3.8) is 0 Å². The molecule has 0 aromatic heterocycles. The zero-order valence-corrected chi connectivity index (χ0v) is 14.2. The van der Waals surface area contributed by atoms with Crippen LogP contribution in [0, 0.1) is 6.92 Å². The molecule has 126 valence electrons. The molecular weight excluding hydrogens is 310 g/mol. The zero-order chi connectivity index (χ0) is 17.8. The highest BCUT2D eigenvalue weighted by atomic mass is 16.2. The SMILES string of the molecule is Cc1ccc2c(c1)C1(N=C(N(C)C)N2)C(=O)N(C)C(=O)N(C)C1=O. The largest absolute Gasteiger partial charge is 0.349 e. The fourth-order valence-electron chi connectivity index (χ4n) is 2.95. The molecule has 0 aliphatic carbocycles. The van der Waals surface area contributed by atoms with E-state index < -0.39 is 23.4 Å². The summed E-state index contributed by atoms with van der Waals surface area (Å²) in [4.78, 5) is 46.1. The van der Waals surface area contributed by atoms with Crippen LogP contribution in [0.4, 0.5) is 10.5 Å². The molecule has 0 radical (unpaired) electrons. The number of hydrogen-bond donors (Lipinski definition) is 1. The van der Waals surface area contributed by atoms with Gasteiger partial charge in [-0.3, -0.25) is 19.4 Å². The number of urea groups is 1. The van der Waals surface area contributed by atoms with Crippen LogP contribution in [0.5, 0.6) is 0 Å². The predicted octanol–water partition coefficient (Wildman–Crippen LogP) is 0.584. The molecule has 4 amide bonds. The van der Waals surface area contributed by atoms with Crippen molar-refractivity contribution < 1.29 is 14.4 Å². The first-order valence-electron chi connectivity index (χ1n) is 7.45. The molecule has 0 atom stereocenters. The van der Waals surface area contributed by atoms with Gasteiger partial charge >= 0.3 is 6.03 Å². The van der Waals surface area contributed by atoms with Crippen molar-refractivity contribution in [1.29, 1.82) is 0 Å². The van der Waals surface area contributed by atoms with Gasteiger partial charge in [-0.1, -0.05) is 17.7 Å². The van der Waals surface area contributed by atoms with Crippen LogP contribution in [0.3, 0.4) is 0 Å². The lowest BCUT2D eigenvalue weighted by molar-refractivity contribution is -0.150. The number of fused-ring (bicyclic) bond motifs is 2. The van der Waals surface area contributed by atoms with E-state index in [1.807, 2.05) is 19.1 Å². The number of guanidine groups is 1. The molecule has 8 heteroatoms. The minimum Gasteiger partial charge on any atom is -0.349 e. The van der Waals surface area contributed by atoms with Gasteiger partial charge in [0.15, 0.2) is 5.96 Å². The highest BCUT2D eigenvalue weighted by Crippen LogP contribution is 2.41. The molecule has 1 aromatic carbocycles. The number of aryl methyl sites for hydroxylation is 1. The number of nitrogens with zero attached hydrogens (tertiary/aromatic N) is 4. The Labute approximate surface area is 139 Å². The van der Waals surface area contributed by atoms with Crippen LogP contribution in [0.15, 0.2) is 23.2 Å². The molecule has 1 fully saturated rings. The summed E-state index contributed by atoms with van der Waals surface area (Å²) in [5.41, 5.74) is 0.177. The van der Waals surface area contributed by atoms with Gasteiger partial charge in [-0.25, -0.2) is 9.79 Å². The number of anilines is 1. The van der Waals surface area contributed by atoms with Crippen LogP contribution >= 0.6 is 0 Å². The van der Waals surface area contributed by atoms with Crippen molar-refractivity contribution >= 4 is 29.5 Å². The predicted molar refractivity (Wildman–Crippen MR) is 88.5 cm³/mol. The van der Waals surface area contributed by atoms with Crippen molar-refractivity contribution in [2.75, 3.05) is 33.5 Å². The summed E-state index contributed by atoms with van der Waals surface area (Å²) in [7, 11) is 6.24. The van der Waals surface area contributed by atoms with Gasteiger partial charge in [-0.2, -0.15) is 0 Å². The molecule has 1 N–H and O–H groups in total. The summed E-state index contributed by atoms with van der Waals surface area (Å²) in [6, 6.07) is 4.78. The van der Waals surface area contributed by atoms with E-state index in [0.717, 1.165) is 15.4 Å². The fourth-order valence-corrected chi connectivity index (χ4v) is 2.95. The average Bonchev–Trinajstić information content (AvgIpc) is 2.56. The van der Waals surface area contributed by atoms with E-state index >= 15 is 0 Å². The number of hydrogen-bond acceptors (Lipinski definition) is 6. The van der Waals surface area contributed by atoms with Gasteiger partial charge in [0.2, 0.25) is 5.54 Å². The maximum absolute atomic E-state index is 13.0. The lowest BCUT2D eigenvalue weighted by Gasteiger charge is -2.42. The Morgan fingerprint density at radius 2 is 1.67 bits per heavy atom. The summed E-state index contributed by atoms with van der Waals surface area (Å²) in [6.07, 6.45) is 0.